The highest BCUT2D eigenvalue weighted by Crippen LogP contribution is 2.36. The van der Waals surface area contributed by atoms with Crippen molar-refractivity contribution in [3.63, 3.8) is 0 Å². The maximum Gasteiger partial charge on any atom is 0.0805 e. The number of anilines is 1. The molecule has 0 radical (unpaired) electrons. The van der Waals surface area contributed by atoms with Crippen molar-refractivity contribution in [3.05, 3.63) is 46.1 Å². The molecule has 2 aromatic carbocycles. The number of nitrogens with zero attached hydrogens (tertiary/aromatic N) is 1. The zero-order chi connectivity index (χ0) is 14.3. The van der Waals surface area contributed by atoms with Gasteiger partial charge in [-0.15, -0.1) is 0 Å². The summed E-state index contributed by atoms with van der Waals surface area (Å²) >= 11 is 3.69. The minimum Gasteiger partial charge on any atom is -0.385 e. The molecule has 0 spiro atoms. The number of rotatable bonds is 2. The third-order valence-electron chi connectivity index (χ3n) is 3.79. The summed E-state index contributed by atoms with van der Waals surface area (Å²) < 4.78 is 1.12. The van der Waals surface area contributed by atoms with Crippen LogP contribution in [-0.2, 0) is 0 Å². The lowest BCUT2D eigenvalue weighted by atomic mass is 10.0. The smallest absolute Gasteiger partial charge is 0.0805 e. The Labute approximate surface area is 127 Å². The van der Waals surface area contributed by atoms with Crippen molar-refractivity contribution in [1.29, 1.82) is 0 Å². The van der Waals surface area contributed by atoms with E-state index in [2.05, 4.69) is 72.3 Å². The Balaban J connectivity index is 2.53. The number of fused-ring (bicyclic) bond motifs is 3. The molecule has 0 aliphatic carbocycles. The number of hydrogen-bond acceptors (Lipinski definition) is 2. The first-order valence-corrected chi connectivity index (χ1v) is 7.64. The van der Waals surface area contributed by atoms with Crippen LogP contribution < -0.4 is 5.32 Å². The highest BCUT2D eigenvalue weighted by molar-refractivity contribution is 9.10. The van der Waals surface area contributed by atoms with Gasteiger partial charge in [-0.1, -0.05) is 40.2 Å². The van der Waals surface area contributed by atoms with Gasteiger partial charge >= 0.3 is 0 Å². The monoisotopic (exact) mass is 328 g/mol. The molecule has 0 fully saturated rings. The lowest BCUT2D eigenvalue weighted by molar-refractivity contribution is 1.16. The van der Waals surface area contributed by atoms with Gasteiger partial charge in [0.1, 0.15) is 0 Å². The summed E-state index contributed by atoms with van der Waals surface area (Å²) in [4.78, 5) is 4.83. The van der Waals surface area contributed by atoms with Crippen LogP contribution in [-0.4, -0.2) is 11.5 Å². The Kier molecular flexibility index (Phi) is 3.38. The summed E-state index contributed by atoms with van der Waals surface area (Å²) in [6.07, 6.45) is 0. The molecule has 2 nitrogen and oxygen atoms in total. The van der Waals surface area contributed by atoms with Gasteiger partial charge in [-0.05, 0) is 37.8 Å². The Bertz CT molecular complexity index is 809. The molecule has 1 aromatic heterocycles. The zero-order valence-electron chi connectivity index (χ0n) is 11.9. The highest BCUT2D eigenvalue weighted by atomic mass is 79.9. The molecule has 1 N–H and O–H groups in total. The van der Waals surface area contributed by atoms with Gasteiger partial charge in [-0.3, -0.25) is 4.98 Å². The predicted molar refractivity (Wildman–Crippen MR) is 90.6 cm³/mol. The molecular weight excluding hydrogens is 312 g/mol. The molecule has 0 atom stereocenters. The molecule has 0 unspecified atom stereocenters. The van der Waals surface area contributed by atoms with Crippen LogP contribution in [0.3, 0.4) is 0 Å². The van der Waals surface area contributed by atoms with Crippen LogP contribution in [0.1, 0.15) is 18.2 Å². The van der Waals surface area contributed by atoms with Crippen LogP contribution >= 0.6 is 15.9 Å². The lowest BCUT2D eigenvalue weighted by Gasteiger charge is -2.15. The maximum absolute atomic E-state index is 4.83. The van der Waals surface area contributed by atoms with E-state index in [9.17, 15) is 0 Å². The molecule has 0 aliphatic rings. The Morgan fingerprint density at radius 1 is 1.10 bits per heavy atom. The number of pyridine rings is 1. The summed E-state index contributed by atoms with van der Waals surface area (Å²) in [5.41, 5.74) is 4.58. The van der Waals surface area contributed by atoms with Crippen molar-refractivity contribution in [3.8, 4) is 0 Å². The molecule has 102 valence electrons. The van der Waals surface area contributed by atoms with Crippen molar-refractivity contribution in [1.82, 2.24) is 4.98 Å². The van der Waals surface area contributed by atoms with Crippen LogP contribution in [0.15, 0.2) is 34.8 Å². The molecule has 20 heavy (non-hydrogen) atoms. The van der Waals surface area contributed by atoms with Gasteiger partial charge in [0.15, 0.2) is 0 Å². The van der Waals surface area contributed by atoms with E-state index in [4.69, 9.17) is 4.98 Å². The van der Waals surface area contributed by atoms with E-state index in [0.29, 0.717) is 0 Å². The quantitative estimate of drug-likeness (QED) is 0.654. The van der Waals surface area contributed by atoms with E-state index in [1.807, 2.05) is 0 Å². The SMILES string of the molecule is CCNc1c(C)c(C)nc2c1cc(Br)c1ccccc12. The number of aromatic nitrogens is 1. The molecule has 0 bridgehead atoms. The number of benzene rings is 2. The van der Waals surface area contributed by atoms with Crippen LogP contribution in [0.4, 0.5) is 5.69 Å². The molecule has 3 heteroatoms. The first-order valence-electron chi connectivity index (χ1n) is 6.85. The van der Waals surface area contributed by atoms with E-state index < -0.39 is 0 Å². The summed E-state index contributed by atoms with van der Waals surface area (Å²) in [5, 5.41) is 7.07. The summed E-state index contributed by atoms with van der Waals surface area (Å²) in [6.45, 7) is 7.23. The fraction of sp³-hybridized carbons (Fsp3) is 0.235. The van der Waals surface area contributed by atoms with Crippen LogP contribution in [0.5, 0.6) is 0 Å². The highest BCUT2D eigenvalue weighted by Gasteiger charge is 2.13. The van der Waals surface area contributed by atoms with Crippen molar-refractivity contribution >= 4 is 43.3 Å². The second kappa shape index (κ2) is 5.06. The molecule has 3 rings (SSSR count). The van der Waals surface area contributed by atoms with Crippen molar-refractivity contribution in [2.24, 2.45) is 0 Å². The fourth-order valence-electron chi connectivity index (χ4n) is 2.67. The molecule has 0 saturated heterocycles. The number of halogens is 1. The first kappa shape index (κ1) is 13.4. The van der Waals surface area contributed by atoms with Crippen molar-refractivity contribution in [2.45, 2.75) is 20.8 Å². The Morgan fingerprint density at radius 3 is 2.50 bits per heavy atom. The predicted octanol–water partition coefficient (Wildman–Crippen LogP) is 5.20. The Morgan fingerprint density at radius 2 is 1.80 bits per heavy atom. The van der Waals surface area contributed by atoms with Gasteiger partial charge in [0.25, 0.3) is 0 Å². The first-order chi connectivity index (χ1) is 9.63. The van der Waals surface area contributed by atoms with E-state index in [1.54, 1.807) is 0 Å². The van der Waals surface area contributed by atoms with Crippen LogP contribution in [0.2, 0.25) is 0 Å². The fourth-order valence-corrected chi connectivity index (χ4v) is 3.24. The molecule has 0 amide bonds. The van der Waals surface area contributed by atoms with Crippen LogP contribution in [0.25, 0.3) is 21.7 Å². The number of aryl methyl sites for hydroxylation is 1. The van der Waals surface area contributed by atoms with Gasteiger partial charge < -0.3 is 5.32 Å². The minimum absolute atomic E-state index is 0.907. The summed E-state index contributed by atoms with van der Waals surface area (Å²) in [7, 11) is 0. The van der Waals surface area contributed by atoms with E-state index in [1.165, 1.54) is 27.4 Å². The average Bonchev–Trinajstić information content (AvgIpc) is 2.46. The molecule has 0 aliphatic heterocycles. The molecule has 3 aromatic rings. The van der Waals surface area contributed by atoms with Gasteiger partial charge in [0.2, 0.25) is 0 Å². The van der Waals surface area contributed by atoms with E-state index >= 15 is 0 Å². The van der Waals surface area contributed by atoms with Crippen molar-refractivity contribution < 1.29 is 0 Å². The van der Waals surface area contributed by atoms with Gasteiger partial charge in [0, 0.05) is 33.2 Å². The normalized spacial score (nSPS) is 11.2. The lowest BCUT2D eigenvalue weighted by Crippen LogP contribution is -2.03. The third-order valence-corrected chi connectivity index (χ3v) is 4.44. The second-order valence-electron chi connectivity index (χ2n) is 5.03. The average molecular weight is 329 g/mol. The number of nitrogens with one attached hydrogen (secondary N) is 1. The van der Waals surface area contributed by atoms with Crippen LogP contribution in [0, 0.1) is 13.8 Å². The summed E-state index contributed by atoms with van der Waals surface area (Å²) in [6, 6.07) is 10.6. The van der Waals surface area contributed by atoms with Gasteiger partial charge in [0.05, 0.1) is 5.52 Å². The third kappa shape index (κ3) is 1.97. The van der Waals surface area contributed by atoms with E-state index in [0.717, 1.165) is 22.2 Å². The largest absolute Gasteiger partial charge is 0.385 e. The molecule has 0 saturated carbocycles. The topological polar surface area (TPSA) is 24.9 Å². The molecular formula is C17H17BrN2. The maximum atomic E-state index is 4.83. The summed E-state index contributed by atoms with van der Waals surface area (Å²) in [5.74, 6) is 0. The van der Waals surface area contributed by atoms with Crippen molar-refractivity contribution in [2.75, 3.05) is 11.9 Å². The standard InChI is InChI=1S/C17H17BrN2/c1-4-19-16-10(2)11(3)20-17-13-8-6-5-7-12(13)15(18)9-14(16)17/h5-9H,4H2,1-3H3,(H,19,20). The van der Waals surface area contributed by atoms with Gasteiger partial charge in [-0.25, -0.2) is 0 Å². The minimum atomic E-state index is 0.907. The molecule has 1 heterocycles. The van der Waals surface area contributed by atoms with E-state index in [-0.39, 0.29) is 0 Å². The Hall–Kier alpha value is -1.61. The zero-order valence-corrected chi connectivity index (χ0v) is 13.5. The second-order valence-corrected chi connectivity index (χ2v) is 5.88. The number of hydrogen-bond donors (Lipinski definition) is 1. The van der Waals surface area contributed by atoms with Gasteiger partial charge in [-0.2, -0.15) is 0 Å².